The van der Waals surface area contributed by atoms with Gasteiger partial charge >= 0.3 is 5.97 Å². The van der Waals surface area contributed by atoms with Gasteiger partial charge in [-0.05, 0) is 19.3 Å². The molecule has 0 aromatic carbocycles. The van der Waals surface area contributed by atoms with Crippen molar-refractivity contribution in [2.75, 3.05) is 6.61 Å². The van der Waals surface area contributed by atoms with Crippen LogP contribution >= 0.6 is 0 Å². The van der Waals surface area contributed by atoms with E-state index in [0.717, 1.165) is 0 Å². The number of esters is 1. The average Bonchev–Trinajstić information content (AvgIpc) is 2.25. The van der Waals surface area contributed by atoms with Gasteiger partial charge in [0.1, 0.15) is 5.72 Å². The van der Waals surface area contributed by atoms with Crippen LogP contribution in [0, 0.1) is 11.8 Å². The van der Waals surface area contributed by atoms with Gasteiger partial charge < -0.3 is 15.6 Å². The van der Waals surface area contributed by atoms with Crippen molar-refractivity contribution >= 4 is 5.97 Å². The van der Waals surface area contributed by atoms with Crippen LogP contribution in [0.2, 0.25) is 0 Å². The summed E-state index contributed by atoms with van der Waals surface area (Å²) < 4.78 is 4.88. The SMILES string of the molecule is CCOC(=O)C1CC(N)(O)CC1C. The van der Waals surface area contributed by atoms with Gasteiger partial charge in [0.2, 0.25) is 0 Å². The van der Waals surface area contributed by atoms with E-state index in [1.165, 1.54) is 0 Å². The molecule has 3 unspecified atom stereocenters. The maximum Gasteiger partial charge on any atom is 0.309 e. The predicted molar refractivity (Wildman–Crippen MR) is 47.7 cm³/mol. The lowest BCUT2D eigenvalue weighted by Crippen LogP contribution is -2.36. The molecule has 0 spiro atoms. The van der Waals surface area contributed by atoms with Crippen molar-refractivity contribution in [1.82, 2.24) is 0 Å². The average molecular weight is 187 g/mol. The van der Waals surface area contributed by atoms with Gasteiger partial charge in [0.15, 0.2) is 0 Å². The van der Waals surface area contributed by atoms with Crippen molar-refractivity contribution in [3.63, 3.8) is 0 Å². The summed E-state index contributed by atoms with van der Waals surface area (Å²) in [5.41, 5.74) is 4.36. The monoisotopic (exact) mass is 187 g/mol. The zero-order valence-corrected chi connectivity index (χ0v) is 8.12. The van der Waals surface area contributed by atoms with Crippen molar-refractivity contribution < 1.29 is 14.6 Å². The summed E-state index contributed by atoms with van der Waals surface area (Å²) in [6.45, 7) is 4.06. The molecule has 0 aromatic heterocycles. The normalized spacial score (nSPS) is 39.1. The van der Waals surface area contributed by atoms with Gasteiger partial charge in [-0.1, -0.05) is 6.92 Å². The van der Waals surface area contributed by atoms with E-state index < -0.39 is 5.72 Å². The zero-order chi connectivity index (χ0) is 10.1. The lowest BCUT2D eigenvalue weighted by Gasteiger charge is -2.15. The Bertz CT molecular complexity index is 203. The summed E-state index contributed by atoms with van der Waals surface area (Å²) in [4.78, 5) is 11.4. The maximum absolute atomic E-state index is 11.4. The number of aliphatic hydroxyl groups is 1. The first kappa shape index (κ1) is 10.5. The predicted octanol–water partition coefficient (Wildman–Crippen LogP) is 0.243. The molecule has 1 fully saturated rings. The molecule has 4 heteroatoms. The van der Waals surface area contributed by atoms with E-state index in [0.29, 0.717) is 19.4 Å². The molecule has 0 aliphatic heterocycles. The van der Waals surface area contributed by atoms with Gasteiger partial charge in [0.25, 0.3) is 0 Å². The largest absolute Gasteiger partial charge is 0.466 e. The number of hydrogen-bond donors (Lipinski definition) is 2. The minimum Gasteiger partial charge on any atom is -0.466 e. The molecule has 0 heterocycles. The molecule has 1 aliphatic rings. The standard InChI is InChI=1S/C9H17NO3/c1-3-13-8(11)7-5-9(10,12)4-6(7)2/h6-7,12H,3-5,10H2,1-2H3. The van der Waals surface area contributed by atoms with Crippen LogP contribution in [0.3, 0.4) is 0 Å². The molecule has 1 saturated carbocycles. The van der Waals surface area contributed by atoms with Crippen LogP contribution in [-0.4, -0.2) is 23.4 Å². The van der Waals surface area contributed by atoms with E-state index in [1.54, 1.807) is 6.92 Å². The molecule has 0 radical (unpaired) electrons. The molecular formula is C9H17NO3. The second kappa shape index (κ2) is 3.64. The minimum absolute atomic E-state index is 0.106. The molecule has 3 N–H and O–H groups in total. The Morgan fingerprint density at radius 3 is 2.69 bits per heavy atom. The molecule has 0 aromatic rings. The first-order valence-electron chi connectivity index (χ1n) is 4.64. The quantitative estimate of drug-likeness (QED) is 0.480. The first-order chi connectivity index (χ1) is 5.96. The number of rotatable bonds is 2. The van der Waals surface area contributed by atoms with E-state index in [4.69, 9.17) is 10.5 Å². The van der Waals surface area contributed by atoms with Gasteiger partial charge in [0.05, 0.1) is 12.5 Å². The third kappa shape index (κ3) is 2.42. The molecule has 1 aliphatic carbocycles. The van der Waals surface area contributed by atoms with Crippen LogP contribution in [0.25, 0.3) is 0 Å². The second-order valence-electron chi connectivity index (χ2n) is 3.85. The highest BCUT2D eigenvalue weighted by atomic mass is 16.5. The van der Waals surface area contributed by atoms with Crippen molar-refractivity contribution in [3.8, 4) is 0 Å². The maximum atomic E-state index is 11.4. The Balaban J connectivity index is 2.57. The molecule has 3 atom stereocenters. The van der Waals surface area contributed by atoms with Crippen LogP contribution in [0.15, 0.2) is 0 Å². The van der Waals surface area contributed by atoms with E-state index in [-0.39, 0.29) is 17.8 Å². The minimum atomic E-state index is -1.18. The van der Waals surface area contributed by atoms with Gasteiger partial charge in [-0.15, -0.1) is 0 Å². The highest BCUT2D eigenvalue weighted by Crippen LogP contribution is 2.36. The fourth-order valence-corrected chi connectivity index (χ4v) is 1.93. The van der Waals surface area contributed by atoms with Gasteiger partial charge in [-0.25, -0.2) is 0 Å². The highest BCUT2D eigenvalue weighted by molar-refractivity contribution is 5.73. The van der Waals surface area contributed by atoms with Crippen LogP contribution < -0.4 is 5.73 Å². The Morgan fingerprint density at radius 1 is 1.69 bits per heavy atom. The summed E-state index contributed by atoms with van der Waals surface area (Å²) in [5.74, 6) is -0.375. The van der Waals surface area contributed by atoms with E-state index in [1.807, 2.05) is 6.92 Å². The van der Waals surface area contributed by atoms with Crippen molar-refractivity contribution in [2.45, 2.75) is 32.4 Å². The van der Waals surface area contributed by atoms with Gasteiger partial charge in [0, 0.05) is 6.42 Å². The Labute approximate surface area is 78.1 Å². The number of hydrogen-bond acceptors (Lipinski definition) is 4. The number of nitrogens with two attached hydrogens (primary N) is 1. The topological polar surface area (TPSA) is 72.5 Å². The third-order valence-corrected chi connectivity index (χ3v) is 2.53. The summed E-state index contributed by atoms with van der Waals surface area (Å²) in [6.07, 6.45) is 0.781. The van der Waals surface area contributed by atoms with Crippen molar-refractivity contribution in [2.24, 2.45) is 17.6 Å². The molecule has 76 valence electrons. The van der Waals surface area contributed by atoms with Crippen molar-refractivity contribution in [3.05, 3.63) is 0 Å². The highest BCUT2D eigenvalue weighted by Gasteiger charge is 2.43. The summed E-state index contributed by atoms with van der Waals surface area (Å²) in [6, 6.07) is 0. The van der Waals surface area contributed by atoms with Gasteiger partial charge in [-0.3, -0.25) is 4.79 Å². The Kier molecular flexibility index (Phi) is 2.93. The molecular weight excluding hydrogens is 170 g/mol. The van der Waals surface area contributed by atoms with Crippen LogP contribution in [-0.2, 0) is 9.53 Å². The molecule has 13 heavy (non-hydrogen) atoms. The Morgan fingerprint density at radius 2 is 2.31 bits per heavy atom. The molecule has 0 bridgehead atoms. The lowest BCUT2D eigenvalue weighted by molar-refractivity contribution is -0.149. The van der Waals surface area contributed by atoms with E-state index >= 15 is 0 Å². The molecule has 0 amide bonds. The molecule has 4 nitrogen and oxygen atoms in total. The molecule has 0 saturated heterocycles. The lowest BCUT2D eigenvalue weighted by atomic mass is 9.99. The smallest absolute Gasteiger partial charge is 0.309 e. The number of carbonyl (C=O) groups excluding carboxylic acids is 1. The van der Waals surface area contributed by atoms with Crippen LogP contribution in [0.1, 0.15) is 26.7 Å². The summed E-state index contributed by atoms with van der Waals surface area (Å²) in [7, 11) is 0. The first-order valence-corrected chi connectivity index (χ1v) is 4.64. The molecule has 1 rings (SSSR count). The van der Waals surface area contributed by atoms with E-state index in [2.05, 4.69) is 0 Å². The Hall–Kier alpha value is -0.610. The van der Waals surface area contributed by atoms with Crippen LogP contribution in [0.5, 0.6) is 0 Å². The fourth-order valence-electron chi connectivity index (χ4n) is 1.93. The third-order valence-electron chi connectivity index (χ3n) is 2.53. The zero-order valence-electron chi connectivity index (χ0n) is 8.12. The summed E-state index contributed by atoms with van der Waals surface area (Å²) >= 11 is 0. The number of carbonyl (C=O) groups is 1. The summed E-state index contributed by atoms with van der Waals surface area (Å²) in [5, 5.41) is 9.52. The fraction of sp³-hybridized carbons (Fsp3) is 0.889. The second-order valence-corrected chi connectivity index (χ2v) is 3.85. The van der Waals surface area contributed by atoms with Crippen molar-refractivity contribution in [1.29, 1.82) is 0 Å². The van der Waals surface area contributed by atoms with Gasteiger partial charge in [-0.2, -0.15) is 0 Å². The van der Waals surface area contributed by atoms with E-state index in [9.17, 15) is 9.90 Å². The number of ether oxygens (including phenoxy) is 1. The van der Waals surface area contributed by atoms with Crippen LogP contribution in [0.4, 0.5) is 0 Å².